The van der Waals surface area contributed by atoms with Crippen LogP contribution < -0.4 is 60.1 Å². The summed E-state index contributed by atoms with van der Waals surface area (Å²) >= 11 is 1.24. The normalized spacial score (nSPS) is 11.4. The summed E-state index contributed by atoms with van der Waals surface area (Å²) in [6.45, 7) is 0. The van der Waals surface area contributed by atoms with E-state index in [1.54, 1.807) is 0 Å². The van der Waals surface area contributed by atoms with Crippen LogP contribution in [0.25, 0.3) is 87.7 Å². The van der Waals surface area contributed by atoms with Gasteiger partial charge in [-0.1, -0.05) is 142 Å². The van der Waals surface area contributed by atoms with Crippen molar-refractivity contribution in [1.29, 1.82) is 0 Å². The minimum absolute atomic E-state index is 0.0165. The molecular formula is C45H18B11N3S. The maximum Gasteiger partial charge on any atom is 0.164 e. The van der Waals surface area contributed by atoms with Gasteiger partial charge in [0.1, 0.15) is 86.3 Å². The number of rotatable bonds is 6. The summed E-state index contributed by atoms with van der Waals surface area (Å²) in [6, 6.07) is 36.1. The quantitative estimate of drug-likeness (QED) is 0.205. The van der Waals surface area contributed by atoms with E-state index in [0.29, 0.717) is 37.4 Å². The highest BCUT2D eigenvalue weighted by atomic mass is 32.1. The second-order valence-electron chi connectivity index (χ2n) is 14.4. The van der Waals surface area contributed by atoms with E-state index in [0.717, 1.165) is 33.4 Å². The molecule has 9 rings (SSSR count). The summed E-state index contributed by atoms with van der Waals surface area (Å²) in [7, 11) is 73.0. The van der Waals surface area contributed by atoms with Crippen LogP contribution in [0, 0.1) is 0 Å². The molecule has 0 fully saturated rings. The number of hydrogen-bond donors (Lipinski definition) is 0. The third-order valence-electron chi connectivity index (χ3n) is 10.9. The van der Waals surface area contributed by atoms with Crippen LogP contribution in [-0.2, 0) is 0 Å². The molecule has 0 unspecified atom stereocenters. The number of nitrogens with zero attached hydrogens (tertiary/aromatic N) is 3. The van der Waals surface area contributed by atoms with Crippen molar-refractivity contribution in [2.75, 3.05) is 0 Å². The SMILES string of the molecule is [B]c1c([B])c([B])c(-c2c([B])c(-c3nc(-c4ccccc4)nc(-c4ccc(-c5ccc(-c6ccccc6)cc5)cc4)n3)c([B])c3sc4c([B])c([B])c([B])c([B])c4c23)c([B])c1[B]. The van der Waals surface area contributed by atoms with Gasteiger partial charge in [-0.3, -0.25) is 0 Å². The summed E-state index contributed by atoms with van der Waals surface area (Å²) in [5.41, 5.74) is 7.63. The van der Waals surface area contributed by atoms with Gasteiger partial charge in [-0.25, -0.2) is 15.0 Å². The number of fused-ring (bicyclic) bond motifs is 3. The van der Waals surface area contributed by atoms with E-state index in [4.69, 9.17) is 101 Å². The smallest absolute Gasteiger partial charge is 0.164 e. The average molecular weight is 752 g/mol. The maximum atomic E-state index is 7.28. The first-order valence-electron chi connectivity index (χ1n) is 18.6. The van der Waals surface area contributed by atoms with Gasteiger partial charge in [0.15, 0.2) is 17.5 Å². The van der Waals surface area contributed by atoms with Crippen LogP contribution in [0.2, 0.25) is 0 Å². The van der Waals surface area contributed by atoms with Crippen molar-refractivity contribution in [3.8, 4) is 67.5 Å². The molecule has 252 valence electrons. The molecule has 3 nitrogen and oxygen atoms in total. The Bertz CT molecular complexity index is 3170. The first-order chi connectivity index (χ1) is 28.8. The molecule has 0 saturated heterocycles. The topological polar surface area (TPSA) is 38.7 Å². The van der Waals surface area contributed by atoms with Crippen molar-refractivity contribution in [1.82, 2.24) is 15.0 Å². The maximum absolute atomic E-state index is 7.28. The lowest BCUT2D eigenvalue weighted by atomic mass is 9.58. The van der Waals surface area contributed by atoms with E-state index in [-0.39, 0.29) is 77.0 Å². The van der Waals surface area contributed by atoms with Crippen LogP contribution in [0.5, 0.6) is 0 Å². The van der Waals surface area contributed by atoms with E-state index in [9.17, 15) is 0 Å². The molecule has 22 radical (unpaired) electrons. The zero-order valence-electron chi connectivity index (χ0n) is 32.0. The fourth-order valence-electron chi connectivity index (χ4n) is 7.62. The predicted molar refractivity (Wildman–Crippen MR) is 265 cm³/mol. The van der Waals surface area contributed by atoms with Crippen LogP contribution in [0.3, 0.4) is 0 Å². The zero-order valence-corrected chi connectivity index (χ0v) is 32.8. The lowest BCUT2D eigenvalue weighted by Crippen LogP contribution is -2.55. The molecule has 9 aromatic rings. The fourth-order valence-corrected chi connectivity index (χ4v) is 8.88. The molecule has 2 aromatic heterocycles. The zero-order chi connectivity index (χ0) is 42.1. The molecule has 2 heterocycles. The largest absolute Gasteiger partial charge is 0.208 e. The average Bonchev–Trinajstić information content (AvgIpc) is 3.69. The molecule has 0 aliphatic carbocycles. The van der Waals surface area contributed by atoms with E-state index in [2.05, 4.69) is 36.4 Å². The van der Waals surface area contributed by atoms with Crippen LogP contribution in [0.15, 0.2) is 109 Å². The molecule has 15 heteroatoms. The Morgan fingerprint density at radius 2 is 0.633 bits per heavy atom. The number of aromatic nitrogens is 3. The molecule has 0 amide bonds. The summed E-state index contributed by atoms with van der Waals surface area (Å²) in [4.78, 5) is 14.9. The van der Waals surface area contributed by atoms with Crippen molar-refractivity contribution < 1.29 is 0 Å². The van der Waals surface area contributed by atoms with E-state index in [1.807, 2.05) is 72.8 Å². The molecule has 60 heavy (non-hydrogen) atoms. The standard InChI is InChI=1S/C45H18B11N3S/c46-30-25(27-31(47)35(51)38(54)36(52)32(27)48)26-28-33(49)37(53)39(55)40(56)42(28)60-41(26)34(50)29(30)45-58-43(23-9-5-2-6-10-23)57-44(59-45)24-17-15-22(16-18-24)21-13-11-20(12-14-21)19-7-3-1-4-8-19/h1-18H. The van der Waals surface area contributed by atoms with Crippen LogP contribution in [-0.4, -0.2) is 101 Å². The van der Waals surface area contributed by atoms with Crippen molar-refractivity contribution in [2.24, 2.45) is 0 Å². The van der Waals surface area contributed by atoms with Gasteiger partial charge < -0.3 is 0 Å². The third-order valence-corrected chi connectivity index (χ3v) is 12.2. The third kappa shape index (κ3) is 6.48. The fraction of sp³-hybridized carbons (Fsp3) is 0. The highest BCUT2D eigenvalue weighted by Gasteiger charge is 2.27. The Hall–Kier alpha value is -5.52. The second-order valence-corrected chi connectivity index (χ2v) is 15.4. The van der Waals surface area contributed by atoms with Gasteiger partial charge in [0.05, 0.1) is 0 Å². The highest BCUT2D eigenvalue weighted by molar-refractivity contribution is 7.28. The van der Waals surface area contributed by atoms with Crippen LogP contribution in [0.1, 0.15) is 0 Å². The second kappa shape index (κ2) is 15.5. The minimum atomic E-state index is 0.0165. The monoisotopic (exact) mass is 753 g/mol. The summed E-state index contributed by atoms with van der Waals surface area (Å²) in [5.74, 6) is 0.918. The van der Waals surface area contributed by atoms with Gasteiger partial charge in [0, 0.05) is 31.5 Å². The number of thiophene rings is 1. The summed E-state index contributed by atoms with van der Waals surface area (Å²) in [6.07, 6.45) is 0. The Morgan fingerprint density at radius 3 is 1.15 bits per heavy atom. The van der Waals surface area contributed by atoms with Crippen molar-refractivity contribution >= 4 is 178 Å². The Balaban J connectivity index is 1.29. The van der Waals surface area contributed by atoms with Gasteiger partial charge in [-0.15, -0.1) is 38.7 Å². The van der Waals surface area contributed by atoms with Gasteiger partial charge in [0.25, 0.3) is 0 Å². The van der Waals surface area contributed by atoms with Gasteiger partial charge in [-0.05, 0) is 38.8 Å². The Kier molecular flexibility index (Phi) is 10.3. The van der Waals surface area contributed by atoms with Crippen molar-refractivity contribution in [3.63, 3.8) is 0 Å². The highest BCUT2D eigenvalue weighted by Crippen LogP contribution is 2.38. The van der Waals surface area contributed by atoms with Crippen LogP contribution >= 0.6 is 11.3 Å². The first kappa shape index (κ1) is 39.9. The minimum Gasteiger partial charge on any atom is -0.208 e. The molecule has 0 atom stereocenters. The predicted octanol–water partition coefficient (Wildman–Crippen LogP) is -1.03. The molecule has 0 spiro atoms. The van der Waals surface area contributed by atoms with Crippen molar-refractivity contribution in [2.45, 2.75) is 0 Å². The summed E-state index contributed by atoms with van der Waals surface area (Å²) < 4.78 is 1.02. The molecule has 0 aliphatic rings. The van der Waals surface area contributed by atoms with E-state index in [1.165, 1.54) is 11.3 Å². The lowest BCUT2D eigenvalue weighted by Gasteiger charge is -2.26. The first-order valence-corrected chi connectivity index (χ1v) is 19.5. The van der Waals surface area contributed by atoms with Gasteiger partial charge in [-0.2, -0.15) is 0 Å². The van der Waals surface area contributed by atoms with Crippen LogP contribution in [0.4, 0.5) is 0 Å². The Labute approximate surface area is 367 Å². The van der Waals surface area contributed by atoms with Gasteiger partial charge >= 0.3 is 0 Å². The molecule has 0 saturated carbocycles. The van der Waals surface area contributed by atoms with Gasteiger partial charge in [0.2, 0.25) is 0 Å². The summed E-state index contributed by atoms with van der Waals surface area (Å²) in [5, 5.41) is 0.902. The Morgan fingerprint density at radius 1 is 0.267 bits per heavy atom. The molecule has 0 aliphatic heterocycles. The van der Waals surface area contributed by atoms with E-state index >= 15 is 0 Å². The number of hydrogen-bond acceptors (Lipinski definition) is 4. The lowest BCUT2D eigenvalue weighted by molar-refractivity contribution is 1.08. The van der Waals surface area contributed by atoms with Crippen molar-refractivity contribution in [3.05, 3.63) is 109 Å². The molecule has 0 bridgehead atoms. The number of benzene rings is 7. The molecule has 0 N–H and O–H groups in total. The van der Waals surface area contributed by atoms with E-state index < -0.39 is 0 Å². The molecular weight excluding hydrogens is 734 g/mol. The molecule has 7 aromatic carbocycles.